The van der Waals surface area contributed by atoms with Gasteiger partial charge in [-0.2, -0.15) is 17.5 Å². The number of aryl methyl sites for hydroxylation is 1. The Bertz CT molecular complexity index is 1280. The molecule has 0 amide bonds. The molecule has 1 aliphatic rings. The maximum atomic E-state index is 13.1. The van der Waals surface area contributed by atoms with E-state index >= 15 is 0 Å². The molecule has 0 aliphatic carbocycles. The monoisotopic (exact) mass is 515 g/mol. The van der Waals surface area contributed by atoms with E-state index in [1.54, 1.807) is 0 Å². The van der Waals surface area contributed by atoms with Crippen LogP contribution in [0.5, 0.6) is 0 Å². The molecule has 4 rings (SSSR count). The van der Waals surface area contributed by atoms with Crippen LogP contribution in [0.1, 0.15) is 16.7 Å². The number of anilines is 1. The van der Waals surface area contributed by atoms with Crippen molar-refractivity contribution >= 4 is 38.1 Å². The first-order chi connectivity index (χ1) is 15.5. The van der Waals surface area contributed by atoms with Crippen LogP contribution in [-0.4, -0.2) is 43.9 Å². The molecule has 0 unspecified atom stereocenters. The fraction of sp³-hybridized carbons (Fsp3) is 0.318. The van der Waals surface area contributed by atoms with Gasteiger partial charge < -0.3 is 4.90 Å². The third kappa shape index (κ3) is 4.75. The van der Waals surface area contributed by atoms with Crippen LogP contribution in [0.4, 0.5) is 18.3 Å². The topological polar surface area (TPSA) is 53.5 Å². The first kappa shape index (κ1) is 24.0. The SMILES string of the molecule is Cc1cccc(-c2csc(N3CCN(S(=O)(=O)c4cc(C(F)(F)F)ccc4Cl)CC3)n2)c1C. The summed E-state index contributed by atoms with van der Waals surface area (Å²) in [6.07, 6.45) is -4.66. The highest BCUT2D eigenvalue weighted by molar-refractivity contribution is 7.89. The molecule has 0 saturated carbocycles. The summed E-state index contributed by atoms with van der Waals surface area (Å²) >= 11 is 7.45. The van der Waals surface area contributed by atoms with Gasteiger partial charge in [0, 0.05) is 37.1 Å². The molecule has 0 spiro atoms. The number of alkyl halides is 3. The van der Waals surface area contributed by atoms with E-state index in [0.29, 0.717) is 19.2 Å². The molecule has 2 aromatic carbocycles. The fourth-order valence-corrected chi connectivity index (χ4v) is 6.50. The molecule has 3 aromatic rings. The second-order valence-corrected chi connectivity index (χ2v) is 10.9. The number of sulfonamides is 1. The van der Waals surface area contributed by atoms with Gasteiger partial charge in [-0.05, 0) is 43.2 Å². The lowest BCUT2D eigenvalue weighted by molar-refractivity contribution is -0.137. The molecule has 176 valence electrons. The lowest BCUT2D eigenvalue weighted by Crippen LogP contribution is -2.48. The third-order valence-electron chi connectivity index (χ3n) is 5.76. The van der Waals surface area contributed by atoms with E-state index in [2.05, 4.69) is 0 Å². The third-order valence-corrected chi connectivity index (χ3v) is 9.04. The van der Waals surface area contributed by atoms with Crippen LogP contribution in [0.25, 0.3) is 11.3 Å². The molecular formula is C22H21ClF3N3O2S2. The smallest absolute Gasteiger partial charge is 0.345 e. The van der Waals surface area contributed by atoms with Crippen molar-refractivity contribution < 1.29 is 21.6 Å². The van der Waals surface area contributed by atoms with Crippen LogP contribution in [0.15, 0.2) is 46.7 Å². The lowest BCUT2D eigenvalue weighted by Gasteiger charge is -2.34. The highest BCUT2D eigenvalue weighted by Crippen LogP contribution is 2.35. The zero-order valence-corrected chi connectivity index (χ0v) is 20.2. The fourth-order valence-electron chi connectivity index (χ4n) is 3.70. The second-order valence-electron chi connectivity index (χ2n) is 7.80. The van der Waals surface area contributed by atoms with Gasteiger partial charge in [-0.1, -0.05) is 29.8 Å². The summed E-state index contributed by atoms with van der Waals surface area (Å²) in [4.78, 5) is 6.19. The van der Waals surface area contributed by atoms with Crippen LogP contribution < -0.4 is 4.90 Å². The van der Waals surface area contributed by atoms with E-state index < -0.39 is 26.7 Å². The predicted octanol–water partition coefficient (Wildman–Crippen LogP) is 5.61. The Hall–Kier alpha value is -2.14. The Morgan fingerprint density at radius 2 is 1.76 bits per heavy atom. The van der Waals surface area contributed by atoms with Gasteiger partial charge in [0.15, 0.2) is 5.13 Å². The Labute approximate surface area is 199 Å². The molecule has 0 N–H and O–H groups in total. The van der Waals surface area contributed by atoms with Gasteiger partial charge in [-0.15, -0.1) is 11.3 Å². The van der Waals surface area contributed by atoms with E-state index in [9.17, 15) is 21.6 Å². The van der Waals surface area contributed by atoms with Crippen molar-refractivity contribution in [2.45, 2.75) is 24.9 Å². The van der Waals surface area contributed by atoms with Crippen molar-refractivity contribution in [3.8, 4) is 11.3 Å². The van der Waals surface area contributed by atoms with Gasteiger partial charge in [0.05, 0.1) is 16.3 Å². The number of thiazole rings is 1. The van der Waals surface area contributed by atoms with Crippen molar-refractivity contribution in [1.29, 1.82) is 0 Å². The van der Waals surface area contributed by atoms with E-state index in [0.717, 1.165) is 34.1 Å². The standard InChI is InChI=1S/C22H21ClF3N3O2S2/c1-14-4-3-5-17(15(14)2)19-13-32-21(27-19)28-8-10-29(11-9-28)33(30,31)20-12-16(22(24,25)26)6-7-18(20)23/h3-7,12-13H,8-11H2,1-2H3. The summed E-state index contributed by atoms with van der Waals surface area (Å²) in [5.41, 5.74) is 3.20. The van der Waals surface area contributed by atoms with Crippen LogP contribution in [0.3, 0.4) is 0 Å². The van der Waals surface area contributed by atoms with Gasteiger partial charge in [0.1, 0.15) is 4.90 Å². The van der Waals surface area contributed by atoms with Gasteiger partial charge >= 0.3 is 6.18 Å². The van der Waals surface area contributed by atoms with Crippen molar-refractivity contribution in [3.63, 3.8) is 0 Å². The summed E-state index contributed by atoms with van der Waals surface area (Å²) in [5.74, 6) is 0. The minimum Gasteiger partial charge on any atom is -0.345 e. The molecule has 1 fully saturated rings. The predicted molar refractivity (Wildman–Crippen MR) is 124 cm³/mol. The molecule has 1 aliphatic heterocycles. The van der Waals surface area contributed by atoms with E-state index in [1.165, 1.54) is 21.2 Å². The average molecular weight is 516 g/mol. The molecule has 5 nitrogen and oxygen atoms in total. The molecule has 1 aromatic heterocycles. The second kappa shape index (κ2) is 8.90. The Kier molecular flexibility index (Phi) is 6.47. The normalized spacial score (nSPS) is 15.8. The number of hydrogen-bond acceptors (Lipinski definition) is 5. The highest BCUT2D eigenvalue weighted by atomic mass is 35.5. The van der Waals surface area contributed by atoms with Gasteiger partial charge in [-0.25, -0.2) is 13.4 Å². The largest absolute Gasteiger partial charge is 0.416 e. The molecule has 0 radical (unpaired) electrons. The van der Waals surface area contributed by atoms with Gasteiger partial charge in [0.25, 0.3) is 0 Å². The molecule has 0 bridgehead atoms. The first-order valence-electron chi connectivity index (χ1n) is 10.1. The number of piperazine rings is 1. The lowest BCUT2D eigenvalue weighted by atomic mass is 10.0. The number of nitrogens with zero attached hydrogens (tertiary/aromatic N) is 3. The molecule has 33 heavy (non-hydrogen) atoms. The van der Waals surface area contributed by atoms with E-state index in [1.807, 2.05) is 42.3 Å². The summed E-state index contributed by atoms with van der Waals surface area (Å²) in [6, 6.07) is 8.39. The van der Waals surface area contributed by atoms with Gasteiger partial charge in [0.2, 0.25) is 10.0 Å². The molecule has 1 saturated heterocycles. The number of aromatic nitrogens is 1. The number of halogens is 4. The number of hydrogen-bond donors (Lipinski definition) is 0. The minimum absolute atomic E-state index is 0.118. The summed E-state index contributed by atoms with van der Waals surface area (Å²) in [6.45, 7) is 5.07. The summed E-state index contributed by atoms with van der Waals surface area (Å²) < 4.78 is 66.5. The van der Waals surface area contributed by atoms with Crippen LogP contribution in [0.2, 0.25) is 5.02 Å². The van der Waals surface area contributed by atoms with Crippen LogP contribution >= 0.6 is 22.9 Å². The Balaban J connectivity index is 1.51. The number of benzene rings is 2. The van der Waals surface area contributed by atoms with Crippen LogP contribution in [-0.2, 0) is 16.2 Å². The molecule has 11 heteroatoms. The van der Waals surface area contributed by atoms with Crippen molar-refractivity contribution in [2.24, 2.45) is 0 Å². The van der Waals surface area contributed by atoms with Crippen molar-refractivity contribution in [3.05, 3.63) is 63.5 Å². The Morgan fingerprint density at radius 1 is 1.06 bits per heavy atom. The zero-order valence-electron chi connectivity index (χ0n) is 17.9. The highest BCUT2D eigenvalue weighted by Gasteiger charge is 2.35. The number of rotatable bonds is 4. The average Bonchev–Trinajstić information content (AvgIpc) is 3.25. The van der Waals surface area contributed by atoms with Crippen LogP contribution in [0, 0.1) is 13.8 Å². The minimum atomic E-state index is -4.66. The van der Waals surface area contributed by atoms with Crippen molar-refractivity contribution in [1.82, 2.24) is 9.29 Å². The van der Waals surface area contributed by atoms with E-state index in [-0.39, 0.29) is 18.1 Å². The van der Waals surface area contributed by atoms with E-state index in [4.69, 9.17) is 16.6 Å². The summed E-state index contributed by atoms with van der Waals surface area (Å²) in [7, 11) is -4.17. The zero-order chi connectivity index (χ0) is 24.0. The maximum Gasteiger partial charge on any atom is 0.416 e. The molecule has 2 heterocycles. The molecule has 0 atom stereocenters. The molecular weight excluding hydrogens is 495 g/mol. The Morgan fingerprint density at radius 3 is 2.42 bits per heavy atom. The summed E-state index contributed by atoms with van der Waals surface area (Å²) in [5, 5.41) is 2.52. The van der Waals surface area contributed by atoms with Gasteiger partial charge in [-0.3, -0.25) is 0 Å². The quantitative estimate of drug-likeness (QED) is 0.453. The maximum absolute atomic E-state index is 13.1. The first-order valence-corrected chi connectivity index (χ1v) is 12.8. The van der Waals surface area contributed by atoms with Crippen molar-refractivity contribution in [2.75, 3.05) is 31.1 Å².